The molecular weight excluding hydrogens is 867 g/mol. The molecule has 2 aliphatic carbocycles. The SMILES string of the molecule is O=C(Oc1ccc(OCCOCCO)cc1)C1CCC(COc2ccc(OCC3CCC(C(=O)Oc4ccc(OCCOCCO)cc4)CC3)c(/C=N/Nc3nc4ccccc4s3)c2)CC1. The maximum absolute atomic E-state index is 13.1. The highest BCUT2D eigenvalue weighted by atomic mass is 32.1. The Kier molecular flexibility index (Phi) is 18.8. The number of para-hydroxylation sites is 1. The van der Waals surface area contributed by atoms with Crippen molar-refractivity contribution in [3.63, 3.8) is 0 Å². The zero-order chi connectivity index (χ0) is 45.8. The van der Waals surface area contributed by atoms with Crippen molar-refractivity contribution >= 4 is 44.8 Å². The number of thiazole rings is 1. The van der Waals surface area contributed by atoms with E-state index in [2.05, 4.69) is 15.5 Å². The van der Waals surface area contributed by atoms with Crippen molar-refractivity contribution in [1.29, 1.82) is 0 Å². The van der Waals surface area contributed by atoms with Gasteiger partial charge in [0.1, 0.15) is 47.7 Å². The van der Waals surface area contributed by atoms with Gasteiger partial charge in [-0.05, 0) is 142 Å². The molecule has 0 aliphatic heterocycles. The molecule has 7 rings (SSSR count). The first-order valence-electron chi connectivity index (χ1n) is 22.7. The molecule has 15 nitrogen and oxygen atoms in total. The highest BCUT2D eigenvalue weighted by Crippen LogP contribution is 2.34. The van der Waals surface area contributed by atoms with Crippen LogP contribution in [-0.2, 0) is 19.1 Å². The molecule has 1 heterocycles. The van der Waals surface area contributed by atoms with E-state index in [1.165, 1.54) is 11.3 Å². The quantitative estimate of drug-likeness (QED) is 0.0168. The Hall–Kier alpha value is -5.78. The number of ether oxygens (including phenoxy) is 8. The van der Waals surface area contributed by atoms with Crippen LogP contribution < -0.4 is 33.8 Å². The van der Waals surface area contributed by atoms with Crippen molar-refractivity contribution in [2.45, 2.75) is 51.4 Å². The van der Waals surface area contributed by atoms with E-state index < -0.39 is 0 Å². The van der Waals surface area contributed by atoms with Gasteiger partial charge in [-0.15, -0.1) is 0 Å². The van der Waals surface area contributed by atoms with E-state index in [1.807, 2.05) is 42.5 Å². The van der Waals surface area contributed by atoms with Crippen LogP contribution in [0.25, 0.3) is 10.2 Å². The predicted octanol–water partition coefficient (Wildman–Crippen LogP) is 8.10. The van der Waals surface area contributed by atoms with E-state index in [0.717, 1.165) is 54.3 Å². The largest absolute Gasteiger partial charge is 0.493 e. The Morgan fingerprint density at radius 1 is 0.606 bits per heavy atom. The average Bonchev–Trinajstić information content (AvgIpc) is 3.77. The summed E-state index contributed by atoms with van der Waals surface area (Å²) >= 11 is 1.52. The molecule has 66 heavy (non-hydrogen) atoms. The smallest absolute Gasteiger partial charge is 0.314 e. The van der Waals surface area contributed by atoms with Gasteiger partial charge in [-0.2, -0.15) is 5.10 Å². The molecule has 5 aromatic rings. The highest BCUT2D eigenvalue weighted by Gasteiger charge is 2.30. The number of fused-ring (bicyclic) bond motifs is 1. The second kappa shape index (κ2) is 25.8. The monoisotopic (exact) mass is 925 g/mol. The second-order valence-electron chi connectivity index (χ2n) is 16.3. The molecule has 0 spiro atoms. The highest BCUT2D eigenvalue weighted by molar-refractivity contribution is 7.22. The van der Waals surface area contributed by atoms with Crippen LogP contribution in [0.3, 0.4) is 0 Å². The Bertz CT molecular complexity index is 2240. The minimum absolute atomic E-state index is 0.0266. The van der Waals surface area contributed by atoms with Gasteiger partial charge in [-0.3, -0.25) is 15.0 Å². The molecule has 0 radical (unpaired) electrons. The fourth-order valence-electron chi connectivity index (χ4n) is 7.85. The number of aromatic nitrogens is 1. The third-order valence-electron chi connectivity index (χ3n) is 11.5. The first-order valence-corrected chi connectivity index (χ1v) is 23.5. The summed E-state index contributed by atoms with van der Waals surface area (Å²) in [6.45, 7) is 2.97. The van der Waals surface area contributed by atoms with E-state index in [9.17, 15) is 9.59 Å². The first-order chi connectivity index (χ1) is 32.4. The molecule has 4 aromatic carbocycles. The number of rotatable bonds is 25. The summed E-state index contributed by atoms with van der Waals surface area (Å²) in [7, 11) is 0. The number of carbonyl (C=O) groups is 2. The molecule has 0 unspecified atom stereocenters. The van der Waals surface area contributed by atoms with Gasteiger partial charge in [0.25, 0.3) is 0 Å². The van der Waals surface area contributed by atoms with Crippen LogP contribution >= 0.6 is 11.3 Å². The third-order valence-corrected chi connectivity index (χ3v) is 12.4. The Labute approximate surface area is 388 Å². The number of nitrogens with zero attached hydrogens (tertiary/aromatic N) is 2. The molecule has 16 heteroatoms. The molecular formula is C50H59N3O12S. The minimum Gasteiger partial charge on any atom is -0.493 e. The Balaban J connectivity index is 0.872. The van der Waals surface area contributed by atoms with Crippen LogP contribution in [-0.4, -0.2) is 99.4 Å². The van der Waals surface area contributed by atoms with Crippen molar-refractivity contribution in [3.8, 4) is 34.5 Å². The van der Waals surface area contributed by atoms with Gasteiger partial charge in [0.2, 0.25) is 5.13 Å². The van der Waals surface area contributed by atoms with E-state index in [4.69, 9.17) is 48.1 Å². The maximum Gasteiger partial charge on any atom is 0.314 e. The van der Waals surface area contributed by atoms with Crippen LogP contribution in [0.1, 0.15) is 56.9 Å². The summed E-state index contributed by atoms with van der Waals surface area (Å²) < 4.78 is 46.9. The number of hydrogen-bond donors (Lipinski definition) is 3. The lowest BCUT2D eigenvalue weighted by molar-refractivity contribution is -0.141. The lowest BCUT2D eigenvalue weighted by atomic mass is 9.82. The van der Waals surface area contributed by atoms with Crippen LogP contribution in [0.15, 0.2) is 96.1 Å². The van der Waals surface area contributed by atoms with Gasteiger partial charge in [0, 0.05) is 5.56 Å². The average molecular weight is 926 g/mol. The van der Waals surface area contributed by atoms with Crippen LogP contribution in [0.5, 0.6) is 34.5 Å². The van der Waals surface area contributed by atoms with Crippen molar-refractivity contribution in [2.75, 3.05) is 71.5 Å². The fourth-order valence-corrected chi connectivity index (χ4v) is 8.67. The first kappa shape index (κ1) is 48.2. The molecule has 352 valence electrons. The number of nitrogens with one attached hydrogen (secondary N) is 1. The van der Waals surface area contributed by atoms with Crippen molar-refractivity contribution in [1.82, 2.24) is 4.98 Å². The molecule has 0 amide bonds. The molecule has 3 N–H and O–H groups in total. The fraction of sp³-hybridized carbons (Fsp3) is 0.440. The van der Waals surface area contributed by atoms with Gasteiger partial charge in [0.15, 0.2) is 0 Å². The zero-order valence-electron chi connectivity index (χ0n) is 37.1. The zero-order valence-corrected chi connectivity index (χ0v) is 37.9. The second-order valence-corrected chi connectivity index (χ2v) is 17.3. The van der Waals surface area contributed by atoms with E-state index in [0.29, 0.717) is 98.0 Å². The number of benzene rings is 4. The number of hydrogen-bond acceptors (Lipinski definition) is 16. The van der Waals surface area contributed by atoms with Crippen molar-refractivity contribution < 1.29 is 57.7 Å². The number of aliphatic hydroxyl groups is 2. The van der Waals surface area contributed by atoms with E-state index in [1.54, 1.807) is 54.7 Å². The van der Waals surface area contributed by atoms with Gasteiger partial charge in [-0.25, -0.2) is 4.98 Å². The molecule has 2 aliphatic rings. The Morgan fingerprint density at radius 3 is 1.67 bits per heavy atom. The molecule has 1 aromatic heterocycles. The number of aliphatic hydroxyl groups excluding tert-OH is 2. The molecule has 2 saturated carbocycles. The van der Waals surface area contributed by atoms with Crippen molar-refractivity contribution in [3.05, 3.63) is 96.6 Å². The van der Waals surface area contributed by atoms with Crippen LogP contribution in [0.2, 0.25) is 0 Å². The number of anilines is 1. The van der Waals surface area contributed by atoms with Gasteiger partial charge >= 0.3 is 11.9 Å². The summed E-state index contributed by atoms with van der Waals surface area (Å²) in [6.07, 6.45) is 7.96. The van der Waals surface area contributed by atoms with E-state index in [-0.39, 0.29) is 56.1 Å². The number of carbonyl (C=O) groups excluding carboxylic acids is 2. The standard InChI is InChI=1S/C50H59N3O12S/c54-23-25-58-27-29-60-40-13-17-42(18-14-40)64-48(56)37-9-5-35(6-10-37)33-62-44-21-22-46(39(31-44)32-51-53-50-52-45-3-1-2-4-47(45)66-50)63-34-36-7-11-38(12-8-36)49(57)65-43-19-15-41(16-20-43)61-30-28-59-26-24-55/h1-4,13-22,31-32,35-38,54-55H,5-12,23-30,33-34H2,(H,52,53)/b51-32+. The van der Waals surface area contributed by atoms with E-state index >= 15 is 0 Å². The summed E-state index contributed by atoms with van der Waals surface area (Å²) in [5.41, 5.74) is 4.73. The topological polar surface area (TPSA) is 186 Å². The molecule has 2 fully saturated rings. The minimum atomic E-state index is -0.228. The molecule has 0 bridgehead atoms. The predicted molar refractivity (Wildman–Crippen MR) is 250 cm³/mol. The third kappa shape index (κ3) is 15.1. The summed E-state index contributed by atoms with van der Waals surface area (Å²) in [5, 5.41) is 22.8. The van der Waals surface area contributed by atoms with Crippen molar-refractivity contribution in [2.24, 2.45) is 28.8 Å². The van der Waals surface area contributed by atoms with Crippen LogP contribution in [0, 0.1) is 23.7 Å². The number of hydrazone groups is 1. The number of esters is 2. The summed E-state index contributed by atoms with van der Waals surface area (Å²) in [6, 6.07) is 27.6. The molecule has 0 saturated heterocycles. The lowest BCUT2D eigenvalue weighted by Crippen LogP contribution is -2.28. The van der Waals surface area contributed by atoms with Gasteiger partial charge in [-0.1, -0.05) is 23.5 Å². The summed E-state index contributed by atoms with van der Waals surface area (Å²) in [4.78, 5) is 30.7. The maximum atomic E-state index is 13.1. The lowest BCUT2D eigenvalue weighted by Gasteiger charge is -2.27. The Morgan fingerprint density at radius 2 is 1.12 bits per heavy atom. The summed E-state index contributed by atoms with van der Waals surface area (Å²) in [5.74, 6) is 3.37. The molecule has 0 atom stereocenters. The van der Waals surface area contributed by atoms with Crippen LogP contribution in [0.4, 0.5) is 5.13 Å². The van der Waals surface area contributed by atoms with Gasteiger partial charge in [0.05, 0.1) is 81.1 Å². The van der Waals surface area contributed by atoms with Gasteiger partial charge < -0.3 is 48.1 Å². The normalized spacial score (nSPS) is 18.5.